The van der Waals surface area contributed by atoms with Gasteiger partial charge in [-0.15, -0.1) is 0 Å². The largest absolute Gasteiger partial charge is 0.322 e. The predicted molar refractivity (Wildman–Crippen MR) is 94.8 cm³/mol. The first kappa shape index (κ1) is 15.8. The zero-order chi connectivity index (χ0) is 16.6. The number of anilines is 1. The van der Waals surface area contributed by atoms with Gasteiger partial charge >= 0.3 is 0 Å². The number of hydrogen-bond acceptors (Lipinski definition) is 2. The molecule has 1 aliphatic rings. The van der Waals surface area contributed by atoms with Gasteiger partial charge in [-0.2, -0.15) is 0 Å². The highest BCUT2D eigenvalue weighted by molar-refractivity contribution is 6.07. The molecule has 3 nitrogen and oxygen atoms in total. The van der Waals surface area contributed by atoms with Gasteiger partial charge in [0.15, 0.2) is 0 Å². The molecule has 120 valence electrons. The number of fused-ring (bicyclic) bond motifs is 2. The first-order valence-corrected chi connectivity index (χ1v) is 8.27. The molecule has 1 amide bonds. The van der Waals surface area contributed by atoms with Crippen molar-refractivity contribution < 1.29 is 4.79 Å². The molecule has 0 saturated carbocycles. The van der Waals surface area contributed by atoms with Crippen LogP contribution in [0, 0.1) is 0 Å². The van der Waals surface area contributed by atoms with E-state index in [0.717, 1.165) is 22.4 Å². The topological polar surface area (TPSA) is 32.3 Å². The standard InChI is InChI=1S/C20H24N2O/c1-13(2)22(14(3)4)19-15-9-5-6-10-16(15)20(23)21-18-12-8-7-11-17(18)19/h5-14,19H,1-4H3,(H,21,23). The zero-order valence-electron chi connectivity index (χ0n) is 14.2. The molecule has 3 heteroatoms. The number of benzene rings is 2. The van der Waals surface area contributed by atoms with Gasteiger partial charge < -0.3 is 5.32 Å². The van der Waals surface area contributed by atoms with Gasteiger partial charge in [-0.3, -0.25) is 9.69 Å². The average molecular weight is 308 g/mol. The molecule has 2 aromatic rings. The Hall–Kier alpha value is -2.13. The lowest BCUT2D eigenvalue weighted by molar-refractivity contribution is 0.102. The van der Waals surface area contributed by atoms with E-state index in [1.165, 1.54) is 0 Å². The molecule has 1 atom stereocenters. The molecule has 0 saturated heterocycles. The van der Waals surface area contributed by atoms with Crippen LogP contribution < -0.4 is 5.32 Å². The summed E-state index contributed by atoms with van der Waals surface area (Å²) < 4.78 is 0. The van der Waals surface area contributed by atoms with Gasteiger partial charge in [0.25, 0.3) is 5.91 Å². The minimum absolute atomic E-state index is 0.0250. The van der Waals surface area contributed by atoms with Crippen LogP contribution in [0.1, 0.15) is 55.2 Å². The van der Waals surface area contributed by atoms with Gasteiger partial charge in [0.05, 0.1) is 6.04 Å². The van der Waals surface area contributed by atoms with Crippen molar-refractivity contribution >= 4 is 11.6 Å². The Morgan fingerprint density at radius 2 is 1.43 bits per heavy atom. The summed E-state index contributed by atoms with van der Waals surface area (Å²) in [7, 11) is 0. The van der Waals surface area contributed by atoms with Crippen molar-refractivity contribution in [2.45, 2.75) is 45.8 Å². The molecule has 23 heavy (non-hydrogen) atoms. The van der Waals surface area contributed by atoms with Crippen LogP contribution in [0.2, 0.25) is 0 Å². The molecule has 2 aromatic carbocycles. The lowest BCUT2D eigenvalue weighted by Gasteiger charge is -2.39. The second-order valence-electron chi connectivity index (χ2n) is 6.67. The Labute approximate surface area is 138 Å². The molecule has 1 heterocycles. The summed E-state index contributed by atoms with van der Waals surface area (Å²) in [6, 6.07) is 16.9. The number of nitrogens with zero attached hydrogens (tertiary/aromatic N) is 1. The van der Waals surface area contributed by atoms with Crippen LogP contribution in [0.15, 0.2) is 48.5 Å². The molecule has 0 radical (unpaired) electrons. The van der Waals surface area contributed by atoms with Crippen molar-refractivity contribution in [3.63, 3.8) is 0 Å². The van der Waals surface area contributed by atoms with Gasteiger partial charge in [-0.25, -0.2) is 0 Å². The maximum absolute atomic E-state index is 12.6. The van der Waals surface area contributed by atoms with Crippen LogP contribution in [0.5, 0.6) is 0 Å². The normalized spacial score (nSPS) is 17.0. The summed E-state index contributed by atoms with van der Waals surface area (Å²) in [4.78, 5) is 15.1. The van der Waals surface area contributed by atoms with Crippen LogP contribution in [0.25, 0.3) is 0 Å². The Morgan fingerprint density at radius 3 is 2.09 bits per heavy atom. The number of hydrogen-bond donors (Lipinski definition) is 1. The Balaban J connectivity index is 2.28. The molecule has 0 aromatic heterocycles. The summed E-state index contributed by atoms with van der Waals surface area (Å²) in [6.45, 7) is 8.85. The highest BCUT2D eigenvalue weighted by atomic mass is 16.1. The second kappa shape index (κ2) is 6.17. The van der Waals surface area contributed by atoms with Gasteiger partial charge in [-0.1, -0.05) is 36.4 Å². The van der Waals surface area contributed by atoms with E-state index in [2.05, 4.69) is 50.0 Å². The summed E-state index contributed by atoms with van der Waals surface area (Å²) >= 11 is 0. The third-order valence-corrected chi connectivity index (χ3v) is 4.49. The Bertz CT molecular complexity index is 713. The molecule has 1 unspecified atom stereocenters. The highest BCUT2D eigenvalue weighted by Gasteiger charge is 2.33. The maximum Gasteiger partial charge on any atom is 0.256 e. The monoisotopic (exact) mass is 308 g/mol. The highest BCUT2D eigenvalue weighted by Crippen LogP contribution is 2.39. The smallest absolute Gasteiger partial charge is 0.256 e. The Kier molecular flexibility index (Phi) is 4.22. The predicted octanol–water partition coefficient (Wildman–Crippen LogP) is 4.46. The average Bonchev–Trinajstić information content (AvgIpc) is 2.63. The minimum atomic E-state index is -0.0250. The molecule has 0 fully saturated rings. The molecule has 0 bridgehead atoms. The molecule has 1 aliphatic heterocycles. The molecule has 1 N–H and O–H groups in total. The molecular formula is C20H24N2O. The van der Waals surface area contributed by atoms with Crippen molar-refractivity contribution in [1.82, 2.24) is 4.90 Å². The number of nitrogens with one attached hydrogen (secondary N) is 1. The van der Waals surface area contributed by atoms with E-state index >= 15 is 0 Å². The van der Waals surface area contributed by atoms with Crippen molar-refractivity contribution in [2.75, 3.05) is 5.32 Å². The van der Waals surface area contributed by atoms with E-state index in [0.29, 0.717) is 12.1 Å². The number of amides is 1. The summed E-state index contributed by atoms with van der Waals surface area (Å²) in [5.41, 5.74) is 3.91. The van der Waals surface area contributed by atoms with Crippen molar-refractivity contribution in [2.24, 2.45) is 0 Å². The van der Waals surface area contributed by atoms with E-state index in [-0.39, 0.29) is 11.9 Å². The quantitative estimate of drug-likeness (QED) is 0.908. The molecule has 0 spiro atoms. The van der Waals surface area contributed by atoms with Crippen LogP contribution in [-0.2, 0) is 0 Å². The van der Waals surface area contributed by atoms with Gasteiger partial charge in [0.2, 0.25) is 0 Å². The van der Waals surface area contributed by atoms with Crippen LogP contribution in [0.3, 0.4) is 0 Å². The van der Waals surface area contributed by atoms with Gasteiger partial charge in [-0.05, 0) is 51.0 Å². The van der Waals surface area contributed by atoms with E-state index in [9.17, 15) is 4.79 Å². The number of rotatable bonds is 3. The zero-order valence-corrected chi connectivity index (χ0v) is 14.2. The van der Waals surface area contributed by atoms with Gasteiger partial charge in [0, 0.05) is 23.3 Å². The van der Waals surface area contributed by atoms with Crippen molar-refractivity contribution in [1.29, 1.82) is 0 Å². The first-order chi connectivity index (χ1) is 11.0. The SMILES string of the molecule is CC(C)N(C(C)C)C1c2ccccc2NC(=O)c2ccccc21. The lowest BCUT2D eigenvalue weighted by Crippen LogP contribution is -2.40. The first-order valence-electron chi connectivity index (χ1n) is 8.27. The summed E-state index contributed by atoms with van der Waals surface area (Å²) in [5.74, 6) is -0.0250. The summed E-state index contributed by atoms with van der Waals surface area (Å²) in [6.07, 6.45) is 0. The van der Waals surface area contributed by atoms with E-state index in [1.807, 2.05) is 36.4 Å². The number of carbonyl (C=O) groups is 1. The fourth-order valence-corrected chi connectivity index (χ4v) is 3.66. The van der Waals surface area contributed by atoms with E-state index < -0.39 is 0 Å². The lowest BCUT2D eigenvalue weighted by atomic mass is 9.91. The van der Waals surface area contributed by atoms with Crippen LogP contribution in [0.4, 0.5) is 5.69 Å². The van der Waals surface area contributed by atoms with E-state index in [1.54, 1.807) is 0 Å². The minimum Gasteiger partial charge on any atom is -0.322 e. The molecule has 0 aliphatic carbocycles. The summed E-state index contributed by atoms with van der Waals surface area (Å²) in [5, 5.41) is 3.08. The number of carbonyl (C=O) groups excluding carboxylic acids is 1. The van der Waals surface area contributed by atoms with Crippen molar-refractivity contribution in [3.8, 4) is 0 Å². The fourth-order valence-electron chi connectivity index (χ4n) is 3.66. The Morgan fingerprint density at radius 1 is 0.870 bits per heavy atom. The third-order valence-electron chi connectivity index (χ3n) is 4.49. The number of para-hydroxylation sites is 1. The fraction of sp³-hybridized carbons (Fsp3) is 0.350. The van der Waals surface area contributed by atoms with Crippen LogP contribution in [-0.4, -0.2) is 22.9 Å². The van der Waals surface area contributed by atoms with Crippen molar-refractivity contribution in [3.05, 3.63) is 65.2 Å². The molecule has 3 rings (SSSR count). The third kappa shape index (κ3) is 2.77. The maximum atomic E-state index is 12.6. The second-order valence-corrected chi connectivity index (χ2v) is 6.67. The van der Waals surface area contributed by atoms with E-state index in [4.69, 9.17) is 0 Å². The van der Waals surface area contributed by atoms with Crippen LogP contribution >= 0.6 is 0 Å². The van der Waals surface area contributed by atoms with Gasteiger partial charge in [0.1, 0.15) is 0 Å². The molecular weight excluding hydrogens is 284 g/mol.